The minimum atomic E-state index is -0.874. The number of hydrogen-bond donors (Lipinski definition) is 1. The van der Waals surface area contributed by atoms with Crippen molar-refractivity contribution < 1.29 is 9.90 Å². The van der Waals surface area contributed by atoms with E-state index in [1.54, 1.807) is 18.2 Å². The van der Waals surface area contributed by atoms with Gasteiger partial charge in [-0.3, -0.25) is 9.88 Å². The van der Waals surface area contributed by atoms with E-state index in [2.05, 4.69) is 4.90 Å². The molecule has 2 aliphatic rings. The van der Waals surface area contributed by atoms with E-state index in [0.717, 1.165) is 24.2 Å². The molecule has 2 aliphatic heterocycles. The third-order valence-electron chi connectivity index (χ3n) is 4.59. The molecule has 1 N–H and O–H groups in total. The van der Waals surface area contributed by atoms with Crippen LogP contribution in [0.4, 0.5) is 0 Å². The van der Waals surface area contributed by atoms with Gasteiger partial charge in [-0.05, 0) is 31.5 Å². The van der Waals surface area contributed by atoms with E-state index in [-0.39, 0.29) is 6.04 Å². The molecule has 4 rings (SSSR count). The molecule has 0 bridgehead atoms. The number of fused-ring (bicyclic) bond motifs is 4. The van der Waals surface area contributed by atoms with Gasteiger partial charge in [0.25, 0.3) is 0 Å². The van der Waals surface area contributed by atoms with Crippen molar-refractivity contribution in [3.05, 3.63) is 40.0 Å². The highest BCUT2D eigenvalue weighted by Crippen LogP contribution is 2.42. The molecule has 1 unspecified atom stereocenters. The Morgan fingerprint density at radius 2 is 2.24 bits per heavy atom. The van der Waals surface area contributed by atoms with Gasteiger partial charge in [0, 0.05) is 22.5 Å². The first-order valence-electron chi connectivity index (χ1n) is 7.24. The van der Waals surface area contributed by atoms with Gasteiger partial charge in [-0.25, -0.2) is 4.79 Å². The van der Waals surface area contributed by atoms with Crippen LogP contribution in [0.15, 0.2) is 18.2 Å². The zero-order chi connectivity index (χ0) is 14.6. The zero-order valence-corrected chi connectivity index (χ0v) is 12.2. The second-order valence-corrected chi connectivity index (χ2v) is 6.24. The summed E-state index contributed by atoms with van der Waals surface area (Å²) in [5.41, 5.74) is 2.93. The van der Waals surface area contributed by atoms with E-state index in [1.807, 2.05) is 0 Å². The largest absolute Gasteiger partial charge is 0.478 e. The summed E-state index contributed by atoms with van der Waals surface area (Å²) in [4.78, 5) is 18.9. The summed E-state index contributed by atoms with van der Waals surface area (Å²) in [6.07, 6.45) is 3.42. The fourth-order valence-electron chi connectivity index (χ4n) is 3.67. The highest BCUT2D eigenvalue weighted by molar-refractivity contribution is 6.31. The zero-order valence-electron chi connectivity index (χ0n) is 11.5. The topological polar surface area (TPSA) is 53.4 Å². The van der Waals surface area contributed by atoms with Gasteiger partial charge in [0.15, 0.2) is 0 Å². The summed E-state index contributed by atoms with van der Waals surface area (Å²) in [5.74, 6) is -0.874. The van der Waals surface area contributed by atoms with Gasteiger partial charge >= 0.3 is 5.97 Å². The minimum Gasteiger partial charge on any atom is -0.478 e. The van der Waals surface area contributed by atoms with E-state index in [0.29, 0.717) is 28.0 Å². The van der Waals surface area contributed by atoms with E-state index in [4.69, 9.17) is 16.6 Å². The lowest BCUT2D eigenvalue weighted by molar-refractivity contribution is 0.0697. The van der Waals surface area contributed by atoms with Gasteiger partial charge in [0.1, 0.15) is 0 Å². The maximum Gasteiger partial charge on any atom is 0.336 e. The molecule has 1 aromatic carbocycles. The Hall–Kier alpha value is -1.65. The average molecular weight is 303 g/mol. The van der Waals surface area contributed by atoms with Gasteiger partial charge in [-0.15, -0.1) is 0 Å². The lowest BCUT2D eigenvalue weighted by Crippen LogP contribution is -2.27. The Bertz CT molecular complexity index is 760. The van der Waals surface area contributed by atoms with Crippen LogP contribution in [0.5, 0.6) is 0 Å². The molecule has 4 nitrogen and oxygen atoms in total. The molecule has 0 aliphatic carbocycles. The third-order valence-corrected chi connectivity index (χ3v) is 4.82. The summed E-state index contributed by atoms with van der Waals surface area (Å²) in [7, 11) is 0. The van der Waals surface area contributed by atoms with Crippen molar-refractivity contribution in [2.24, 2.45) is 0 Å². The lowest BCUT2D eigenvalue weighted by Gasteiger charge is -2.28. The molecule has 1 fully saturated rings. The quantitative estimate of drug-likeness (QED) is 0.874. The molecule has 21 heavy (non-hydrogen) atoms. The summed E-state index contributed by atoms with van der Waals surface area (Å²) < 4.78 is 0. The van der Waals surface area contributed by atoms with Crippen LogP contribution in [-0.4, -0.2) is 27.5 Å². The first-order chi connectivity index (χ1) is 10.1. The minimum absolute atomic E-state index is 0.273. The van der Waals surface area contributed by atoms with Crippen molar-refractivity contribution in [3.8, 4) is 0 Å². The molecule has 0 radical (unpaired) electrons. The lowest BCUT2D eigenvalue weighted by atomic mass is 9.97. The van der Waals surface area contributed by atoms with Crippen LogP contribution < -0.4 is 0 Å². The van der Waals surface area contributed by atoms with Crippen LogP contribution in [0.1, 0.15) is 46.9 Å². The second-order valence-electron chi connectivity index (χ2n) is 5.80. The highest BCUT2D eigenvalue weighted by Gasteiger charge is 2.36. The number of carbonyl (C=O) groups is 1. The van der Waals surface area contributed by atoms with Gasteiger partial charge in [-0.2, -0.15) is 0 Å². The van der Waals surface area contributed by atoms with Crippen molar-refractivity contribution in [1.82, 2.24) is 9.88 Å². The van der Waals surface area contributed by atoms with Gasteiger partial charge in [0.2, 0.25) is 0 Å². The molecule has 3 heterocycles. The summed E-state index contributed by atoms with van der Waals surface area (Å²) in [5, 5.41) is 10.9. The van der Waals surface area contributed by atoms with E-state index in [1.165, 1.54) is 12.8 Å². The van der Waals surface area contributed by atoms with Crippen LogP contribution in [0.2, 0.25) is 5.02 Å². The number of carboxylic acid groups (broad SMARTS) is 1. The fraction of sp³-hybridized carbons (Fsp3) is 0.375. The Morgan fingerprint density at radius 3 is 3.05 bits per heavy atom. The molecule has 0 spiro atoms. The Labute approximate surface area is 127 Å². The van der Waals surface area contributed by atoms with Crippen LogP contribution in [0.3, 0.4) is 0 Å². The van der Waals surface area contributed by atoms with Crippen molar-refractivity contribution in [3.63, 3.8) is 0 Å². The number of hydrogen-bond acceptors (Lipinski definition) is 3. The second kappa shape index (κ2) is 4.68. The molecule has 108 valence electrons. The highest BCUT2D eigenvalue weighted by atomic mass is 35.5. The Balaban J connectivity index is 2.01. The standard InChI is InChI=1S/C16H15ClN2O2/c17-9-4-5-10-12(7-9)18-15-11(14(10)16(20)21)8-19-6-2-1-3-13(15)19/h4-5,7,13H,1-3,6,8H2,(H,20,21). The van der Waals surface area contributed by atoms with Crippen LogP contribution in [0, 0.1) is 0 Å². The SMILES string of the molecule is O=C(O)c1c2c(nc3cc(Cl)ccc13)C1CCCCN1C2. The number of halogens is 1. The molecule has 0 amide bonds. The van der Waals surface area contributed by atoms with Crippen molar-refractivity contribution in [1.29, 1.82) is 0 Å². The number of benzene rings is 1. The fourth-order valence-corrected chi connectivity index (χ4v) is 3.84. The molecule has 1 aromatic heterocycles. The first-order valence-corrected chi connectivity index (χ1v) is 7.62. The molecular weight excluding hydrogens is 288 g/mol. The van der Waals surface area contributed by atoms with Crippen LogP contribution in [-0.2, 0) is 6.54 Å². The third kappa shape index (κ3) is 1.93. The number of aromatic nitrogens is 1. The summed E-state index contributed by atoms with van der Waals surface area (Å²) in [6, 6.07) is 5.53. The molecule has 0 saturated carbocycles. The number of rotatable bonds is 1. The first kappa shape index (κ1) is 13.0. The van der Waals surface area contributed by atoms with Gasteiger partial charge in [-0.1, -0.05) is 24.1 Å². The maximum absolute atomic E-state index is 11.8. The molecule has 1 saturated heterocycles. The van der Waals surface area contributed by atoms with Crippen molar-refractivity contribution in [2.45, 2.75) is 31.8 Å². The monoisotopic (exact) mass is 302 g/mol. The van der Waals surface area contributed by atoms with E-state index < -0.39 is 5.97 Å². The number of aromatic carboxylic acids is 1. The number of carboxylic acids is 1. The smallest absolute Gasteiger partial charge is 0.336 e. The van der Waals surface area contributed by atoms with Gasteiger partial charge in [0.05, 0.1) is 22.8 Å². The summed E-state index contributed by atoms with van der Waals surface area (Å²) in [6.45, 7) is 1.73. The Kier molecular flexibility index (Phi) is 2.91. The molecule has 5 heteroatoms. The van der Waals surface area contributed by atoms with E-state index in [9.17, 15) is 9.90 Å². The predicted octanol–water partition coefficient (Wildman–Crippen LogP) is 3.63. The predicted molar refractivity (Wildman–Crippen MR) is 80.7 cm³/mol. The molecular formula is C16H15ClN2O2. The number of piperidine rings is 1. The number of nitrogens with zero attached hydrogens (tertiary/aromatic N) is 2. The van der Waals surface area contributed by atoms with Crippen molar-refractivity contribution >= 4 is 28.5 Å². The van der Waals surface area contributed by atoms with Gasteiger partial charge < -0.3 is 5.11 Å². The Morgan fingerprint density at radius 1 is 1.38 bits per heavy atom. The normalized spacial score (nSPS) is 21.3. The van der Waals surface area contributed by atoms with Crippen LogP contribution >= 0.6 is 11.6 Å². The maximum atomic E-state index is 11.8. The molecule has 2 aromatic rings. The number of pyridine rings is 1. The van der Waals surface area contributed by atoms with E-state index >= 15 is 0 Å². The van der Waals surface area contributed by atoms with Crippen LogP contribution in [0.25, 0.3) is 10.9 Å². The van der Waals surface area contributed by atoms with Crippen molar-refractivity contribution in [2.75, 3.05) is 6.54 Å². The average Bonchev–Trinajstić information content (AvgIpc) is 2.82. The summed E-state index contributed by atoms with van der Waals surface area (Å²) >= 11 is 6.04. The molecule has 1 atom stereocenters.